The maximum atomic E-state index is 11.5. The molecule has 1 aliphatic rings. The van der Waals surface area contributed by atoms with Crippen LogP contribution >= 0.6 is 0 Å². The van der Waals surface area contributed by atoms with E-state index in [2.05, 4.69) is 5.32 Å². The second-order valence-corrected chi connectivity index (χ2v) is 3.50. The lowest BCUT2D eigenvalue weighted by molar-refractivity contribution is -0.384. The van der Waals surface area contributed by atoms with Crippen molar-refractivity contribution in [3.8, 4) is 0 Å². The van der Waals surface area contributed by atoms with Gasteiger partial charge in [0.2, 0.25) is 0 Å². The average Bonchev–Trinajstić information content (AvgIpc) is 2.71. The van der Waals surface area contributed by atoms with Crippen LogP contribution in [0.25, 0.3) is 0 Å². The fourth-order valence-corrected chi connectivity index (χ4v) is 1.92. The minimum absolute atomic E-state index is 0.0152. The molecule has 1 N–H and O–H groups in total. The molecule has 6 nitrogen and oxygen atoms in total. The molecule has 0 spiro atoms. The largest absolute Gasteiger partial charge is 0.341 e. The predicted molar refractivity (Wildman–Crippen MR) is 58.6 cm³/mol. The lowest BCUT2D eigenvalue weighted by Gasteiger charge is -2.16. The molecule has 84 valence electrons. The topological polar surface area (TPSA) is 75.5 Å². The summed E-state index contributed by atoms with van der Waals surface area (Å²) in [6.07, 6.45) is 0.657. The Labute approximate surface area is 92.0 Å². The molecule has 0 radical (unpaired) electrons. The number of carbonyl (C=O) groups is 1. The summed E-state index contributed by atoms with van der Waals surface area (Å²) in [5, 5.41) is 13.3. The van der Waals surface area contributed by atoms with Gasteiger partial charge in [-0.1, -0.05) is 12.1 Å². The lowest BCUT2D eigenvalue weighted by atomic mass is 10.1. The number of rotatable bonds is 1. The van der Waals surface area contributed by atoms with Crippen molar-refractivity contribution in [3.63, 3.8) is 0 Å². The van der Waals surface area contributed by atoms with E-state index < -0.39 is 4.92 Å². The summed E-state index contributed by atoms with van der Waals surface area (Å²) in [5.74, 6) is 0. The second kappa shape index (κ2) is 3.80. The highest BCUT2D eigenvalue weighted by Gasteiger charge is 2.31. The van der Waals surface area contributed by atoms with Gasteiger partial charge in [-0.05, 0) is 12.0 Å². The van der Waals surface area contributed by atoms with Gasteiger partial charge < -0.3 is 5.32 Å². The third kappa shape index (κ3) is 1.48. The number of carbonyl (C=O) groups excluding carboxylic acids is 1. The molecule has 2 amide bonds. The van der Waals surface area contributed by atoms with Crippen molar-refractivity contribution in [2.75, 3.05) is 18.5 Å². The van der Waals surface area contributed by atoms with E-state index in [4.69, 9.17) is 0 Å². The van der Waals surface area contributed by atoms with Gasteiger partial charge in [0.15, 0.2) is 0 Å². The van der Waals surface area contributed by atoms with E-state index in [1.807, 2.05) is 6.07 Å². The first-order chi connectivity index (χ1) is 7.65. The third-order valence-electron chi connectivity index (χ3n) is 2.63. The second-order valence-electron chi connectivity index (χ2n) is 3.50. The zero-order valence-corrected chi connectivity index (χ0v) is 8.77. The van der Waals surface area contributed by atoms with Crippen molar-refractivity contribution in [2.24, 2.45) is 0 Å². The van der Waals surface area contributed by atoms with E-state index >= 15 is 0 Å². The van der Waals surface area contributed by atoms with Gasteiger partial charge in [-0.25, -0.2) is 4.79 Å². The maximum absolute atomic E-state index is 11.5. The first-order valence-corrected chi connectivity index (χ1v) is 4.90. The quantitative estimate of drug-likeness (QED) is 0.573. The molecule has 1 aromatic rings. The normalized spacial score (nSPS) is 13.4. The number of nitro benzene ring substituents is 1. The Morgan fingerprint density at radius 1 is 1.56 bits per heavy atom. The highest BCUT2D eigenvalue weighted by Crippen LogP contribution is 2.36. The van der Waals surface area contributed by atoms with Crippen LogP contribution in [0.2, 0.25) is 0 Å². The number of nitrogens with zero attached hydrogens (tertiary/aromatic N) is 2. The molecule has 16 heavy (non-hydrogen) atoms. The summed E-state index contributed by atoms with van der Waals surface area (Å²) < 4.78 is 0. The van der Waals surface area contributed by atoms with Crippen LogP contribution in [0, 0.1) is 10.1 Å². The van der Waals surface area contributed by atoms with Crippen LogP contribution < -0.4 is 10.2 Å². The molecule has 0 aromatic heterocycles. The van der Waals surface area contributed by atoms with Gasteiger partial charge in [0.1, 0.15) is 5.69 Å². The van der Waals surface area contributed by atoms with Gasteiger partial charge >= 0.3 is 6.03 Å². The molecule has 0 saturated carbocycles. The minimum atomic E-state index is -0.458. The first kappa shape index (κ1) is 10.4. The zero-order chi connectivity index (χ0) is 11.7. The van der Waals surface area contributed by atoms with Crippen LogP contribution in [0.5, 0.6) is 0 Å². The van der Waals surface area contributed by atoms with Gasteiger partial charge in [-0.3, -0.25) is 15.0 Å². The molecular formula is C10H11N3O3. The fourth-order valence-electron chi connectivity index (χ4n) is 1.92. The summed E-state index contributed by atoms with van der Waals surface area (Å²) in [6, 6.07) is 4.56. The smallest absolute Gasteiger partial charge is 0.321 e. The van der Waals surface area contributed by atoms with E-state index in [1.165, 1.54) is 18.0 Å². The summed E-state index contributed by atoms with van der Waals surface area (Å²) in [4.78, 5) is 23.4. The Morgan fingerprint density at radius 2 is 2.31 bits per heavy atom. The van der Waals surface area contributed by atoms with Crippen molar-refractivity contribution in [3.05, 3.63) is 33.9 Å². The molecule has 0 bridgehead atoms. The Kier molecular flexibility index (Phi) is 2.47. The molecule has 0 aliphatic carbocycles. The number of urea groups is 1. The predicted octanol–water partition coefficient (Wildman–Crippen LogP) is 1.30. The number of fused-ring (bicyclic) bond motifs is 1. The van der Waals surface area contributed by atoms with Gasteiger partial charge in [0, 0.05) is 19.7 Å². The molecule has 6 heteroatoms. The van der Waals surface area contributed by atoms with Crippen molar-refractivity contribution in [1.29, 1.82) is 0 Å². The van der Waals surface area contributed by atoms with E-state index in [0.29, 0.717) is 18.7 Å². The van der Waals surface area contributed by atoms with Crippen molar-refractivity contribution in [2.45, 2.75) is 6.42 Å². The van der Waals surface area contributed by atoms with E-state index in [1.54, 1.807) is 6.07 Å². The SMILES string of the molecule is CNC(=O)N1CCc2cccc([N+](=O)[O-])c21. The highest BCUT2D eigenvalue weighted by molar-refractivity contribution is 5.96. The van der Waals surface area contributed by atoms with Gasteiger partial charge in [0.05, 0.1) is 4.92 Å². The number of para-hydroxylation sites is 1. The fraction of sp³-hybridized carbons (Fsp3) is 0.300. The van der Waals surface area contributed by atoms with Crippen LogP contribution in [0.15, 0.2) is 18.2 Å². The van der Waals surface area contributed by atoms with Crippen LogP contribution in [0.3, 0.4) is 0 Å². The molecule has 0 atom stereocenters. The molecule has 0 fully saturated rings. The van der Waals surface area contributed by atoms with E-state index in [0.717, 1.165) is 5.56 Å². The molecule has 1 heterocycles. The van der Waals surface area contributed by atoms with E-state index in [9.17, 15) is 14.9 Å². The van der Waals surface area contributed by atoms with Crippen molar-refractivity contribution in [1.82, 2.24) is 5.32 Å². The molecule has 1 aromatic carbocycles. The molecule has 0 saturated heterocycles. The summed E-state index contributed by atoms with van der Waals surface area (Å²) in [7, 11) is 1.51. The van der Waals surface area contributed by atoms with Crippen molar-refractivity contribution < 1.29 is 9.72 Å². The molecular weight excluding hydrogens is 210 g/mol. The monoisotopic (exact) mass is 221 g/mol. The van der Waals surface area contributed by atoms with Crippen molar-refractivity contribution >= 4 is 17.4 Å². The Morgan fingerprint density at radius 3 is 2.94 bits per heavy atom. The number of hydrogen-bond donors (Lipinski definition) is 1. The number of nitro groups is 1. The number of nitrogens with one attached hydrogen (secondary N) is 1. The van der Waals surface area contributed by atoms with Gasteiger partial charge in [-0.2, -0.15) is 0 Å². The van der Waals surface area contributed by atoms with Crippen LogP contribution in [-0.4, -0.2) is 24.5 Å². The number of amides is 2. The Bertz CT molecular complexity index is 459. The lowest BCUT2D eigenvalue weighted by Crippen LogP contribution is -2.36. The molecule has 1 aliphatic heterocycles. The van der Waals surface area contributed by atoms with Crippen LogP contribution in [0.1, 0.15) is 5.56 Å². The van der Waals surface area contributed by atoms with Crippen LogP contribution in [-0.2, 0) is 6.42 Å². The van der Waals surface area contributed by atoms with E-state index in [-0.39, 0.29) is 11.7 Å². The number of benzene rings is 1. The Hall–Kier alpha value is -2.11. The third-order valence-corrected chi connectivity index (χ3v) is 2.63. The summed E-state index contributed by atoms with van der Waals surface area (Å²) in [5.41, 5.74) is 1.25. The maximum Gasteiger partial charge on any atom is 0.321 e. The zero-order valence-electron chi connectivity index (χ0n) is 8.77. The molecule has 2 rings (SSSR count). The summed E-state index contributed by atoms with van der Waals surface area (Å²) in [6.45, 7) is 0.486. The van der Waals surface area contributed by atoms with Crippen LogP contribution in [0.4, 0.5) is 16.2 Å². The molecule has 0 unspecified atom stereocenters. The first-order valence-electron chi connectivity index (χ1n) is 4.90. The highest BCUT2D eigenvalue weighted by atomic mass is 16.6. The van der Waals surface area contributed by atoms with Gasteiger partial charge in [-0.15, -0.1) is 0 Å². The minimum Gasteiger partial charge on any atom is -0.341 e. The number of anilines is 1. The average molecular weight is 221 g/mol. The standard InChI is InChI=1S/C10H11N3O3/c1-11-10(14)12-6-5-7-3-2-4-8(9(7)12)13(15)16/h2-4H,5-6H2,1H3,(H,11,14). The number of hydrogen-bond acceptors (Lipinski definition) is 3. The summed E-state index contributed by atoms with van der Waals surface area (Å²) >= 11 is 0. The Balaban J connectivity index is 2.51. The van der Waals surface area contributed by atoms with Gasteiger partial charge in [0.25, 0.3) is 5.69 Å².